The number of ether oxygens (including phenoxy) is 4. The second-order valence-electron chi connectivity index (χ2n) is 8.68. The first-order valence-corrected chi connectivity index (χ1v) is 13.9. The van der Waals surface area contributed by atoms with E-state index in [0.29, 0.717) is 19.8 Å². The molecule has 34 heavy (non-hydrogen) atoms. The maximum Gasteiger partial charge on any atom is 0.297 e. The number of rotatable bonds is 16. The second kappa shape index (κ2) is 15.1. The summed E-state index contributed by atoms with van der Waals surface area (Å²) in [5, 5.41) is 10.7. The van der Waals surface area contributed by atoms with E-state index >= 15 is 0 Å². The first-order valence-electron chi connectivity index (χ1n) is 12.5. The molecule has 0 aromatic heterocycles. The zero-order valence-corrected chi connectivity index (χ0v) is 21.8. The lowest BCUT2D eigenvalue weighted by Crippen LogP contribution is -2.61. The molecule has 2 rings (SSSR count). The fourth-order valence-corrected chi connectivity index (χ4v) is 4.54. The van der Waals surface area contributed by atoms with Crippen LogP contribution in [-0.2, 0) is 33.2 Å². The molecule has 1 aliphatic rings. The van der Waals surface area contributed by atoms with Crippen molar-refractivity contribution in [2.24, 2.45) is 0 Å². The summed E-state index contributed by atoms with van der Waals surface area (Å²) in [4.78, 5) is 0.0643. The van der Waals surface area contributed by atoms with Crippen molar-refractivity contribution in [2.75, 3.05) is 26.4 Å². The van der Waals surface area contributed by atoms with E-state index in [4.69, 9.17) is 23.1 Å². The Balaban J connectivity index is 2.20. The van der Waals surface area contributed by atoms with Crippen LogP contribution in [0.4, 0.5) is 0 Å². The quantitative estimate of drug-likeness (QED) is 0.268. The van der Waals surface area contributed by atoms with E-state index in [9.17, 15) is 13.5 Å². The summed E-state index contributed by atoms with van der Waals surface area (Å²) >= 11 is 0. The summed E-state index contributed by atoms with van der Waals surface area (Å²) < 4.78 is 54.8. The molecule has 0 radical (unpaired) electrons. The molecule has 1 aliphatic heterocycles. The largest absolute Gasteiger partial charge is 0.373 e. The first kappa shape index (κ1) is 29.2. The highest BCUT2D eigenvalue weighted by Crippen LogP contribution is 2.29. The van der Waals surface area contributed by atoms with Crippen molar-refractivity contribution in [3.63, 3.8) is 0 Å². The van der Waals surface area contributed by atoms with Crippen LogP contribution in [0.5, 0.6) is 0 Å². The van der Waals surface area contributed by atoms with Crippen LogP contribution in [0.2, 0.25) is 0 Å². The van der Waals surface area contributed by atoms with E-state index in [1.807, 2.05) is 6.92 Å². The molecule has 0 bridgehead atoms. The summed E-state index contributed by atoms with van der Waals surface area (Å²) in [7, 11) is -4.00. The smallest absolute Gasteiger partial charge is 0.297 e. The molecule has 0 spiro atoms. The van der Waals surface area contributed by atoms with E-state index in [2.05, 4.69) is 20.8 Å². The minimum absolute atomic E-state index is 0.0643. The van der Waals surface area contributed by atoms with Crippen molar-refractivity contribution in [3.8, 4) is 0 Å². The van der Waals surface area contributed by atoms with Gasteiger partial charge in [-0.2, -0.15) is 8.42 Å². The highest BCUT2D eigenvalue weighted by atomic mass is 32.2. The number of hydrogen-bond donors (Lipinski definition) is 1. The Labute approximate surface area is 205 Å². The number of unbranched alkanes of at least 4 members (excludes halogenated alkanes) is 3. The van der Waals surface area contributed by atoms with Crippen molar-refractivity contribution in [1.82, 2.24) is 0 Å². The van der Waals surface area contributed by atoms with Gasteiger partial charge in [0, 0.05) is 19.8 Å². The third kappa shape index (κ3) is 8.86. The van der Waals surface area contributed by atoms with Gasteiger partial charge in [0.05, 0.1) is 11.5 Å². The predicted molar refractivity (Wildman–Crippen MR) is 129 cm³/mol. The average Bonchev–Trinajstić information content (AvgIpc) is 2.81. The molecule has 1 heterocycles. The van der Waals surface area contributed by atoms with Crippen LogP contribution in [0, 0.1) is 6.92 Å². The summed E-state index contributed by atoms with van der Waals surface area (Å²) in [6, 6.07) is 6.43. The van der Waals surface area contributed by atoms with Crippen LogP contribution in [-0.4, -0.2) is 70.7 Å². The second-order valence-corrected chi connectivity index (χ2v) is 10.3. The number of benzene rings is 1. The van der Waals surface area contributed by atoms with Gasteiger partial charge in [0.2, 0.25) is 0 Å². The van der Waals surface area contributed by atoms with E-state index in [1.165, 1.54) is 12.1 Å². The van der Waals surface area contributed by atoms with Crippen molar-refractivity contribution < 1.29 is 36.7 Å². The van der Waals surface area contributed by atoms with Gasteiger partial charge in [-0.3, -0.25) is 4.18 Å². The molecular weight excluding hydrogens is 460 g/mol. The molecule has 1 fully saturated rings. The minimum Gasteiger partial charge on any atom is -0.373 e. The zero-order chi connectivity index (χ0) is 25.0. The van der Waals surface area contributed by atoms with Crippen LogP contribution >= 0.6 is 0 Å². The zero-order valence-electron chi connectivity index (χ0n) is 21.0. The molecule has 5 atom stereocenters. The molecule has 1 aromatic carbocycles. The number of hydrogen-bond acceptors (Lipinski definition) is 8. The van der Waals surface area contributed by atoms with Crippen LogP contribution < -0.4 is 0 Å². The normalized spacial score (nSPS) is 25.5. The molecular formula is C25H42O8S. The SMILES string of the molecule is CCCCOC1C(O)OC(COS(=O)(=O)c2ccc(C)cc2)C(OCCCC)C1OCCCC. The third-order valence-corrected chi connectivity index (χ3v) is 7.03. The first-order chi connectivity index (χ1) is 16.3. The molecule has 196 valence electrons. The number of aryl methyl sites for hydroxylation is 1. The maximum absolute atomic E-state index is 12.7. The average molecular weight is 503 g/mol. The van der Waals surface area contributed by atoms with Crippen molar-refractivity contribution in [3.05, 3.63) is 29.8 Å². The fourth-order valence-electron chi connectivity index (χ4n) is 3.62. The molecule has 5 unspecified atom stereocenters. The fraction of sp³-hybridized carbons (Fsp3) is 0.760. The lowest BCUT2D eigenvalue weighted by molar-refractivity contribution is -0.309. The standard InChI is InChI=1S/C25H42O8S/c1-5-8-15-29-22-21(18-32-34(27,28)20-13-11-19(4)12-14-20)33-25(26)24(31-17-10-7-3)23(22)30-16-9-6-2/h11-14,21-26H,5-10,15-18H2,1-4H3. The summed E-state index contributed by atoms with van der Waals surface area (Å²) in [5.74, 6) is 0. The van der Waals surface area contributed by atoms with Gasteiger partial charge in [0.25, 0.3) is 10.1 Å². The minimum atomic E-state index is -4.00. The Morgan fingerprint density at radius 1 is 0.824 bits per heavy atom. The van der Waals surface area contributed by atoms with Crippen LogP contribution in [0.25, 0.3) is 0 Å². The van der Waals surface area contributed by atoms with Crippen LogP contribution in [0.1, 0.15) is 64.9 Å². The van der Waals surface area contributed by atoms with Gasteiger partial charge in [-0.1, -0.05) is 57.7 Å². The van der Waals surface area contributed by atoms with Gasteiger partial charge in [-0.05, 0) is 38.3 Å². The summed E-state index contributed by atoms with van der Waals surface area (Å²) in [5.41, 5.74) is 0.947. The molecule has 0 saturated carbocycles. The lowest BCUT2D eigenvalue weighted by atomic mass is 9.98. The molecule has 9 heteroatoms. The van der Waals surface area contributed by atoms with E-state index in [-0.39, 0.29) is 11.5 Å². The molecule has 0 aliphatic carbocycles. The van der Waals surface area contributed by atoms with Crippen molar-refractivity contribution in [1.29, 1.82) is 0 Å². The predicted octanol–water partition coefficient (Wildman–Crippen LogP) is 3.97. The number of aliphatic hydroxyl groups excluding tert-OH is 1. The van der Waals surface area contributed by atoms with Crippen molar-refractivity contribution in [2.45, 2.75) is 102 Å². The molecule has 0 amide bonds. The van der Waals surface area contributed by atoms with Crippen LogP contribution in [0.3, 0.4) is 0 Å². The Morgan fingerprint density at radius 3 is 1.85 bits per heavy atom. The molecule has 1 N–H and O–H groups in total. The Bertz CT molecular complexity index is 783. The highest BCUT2D eigenvalue weighted by molar-refractivity contribution is 7.86. The Hall–Kier alpha value is -1.07. The molecule has 1 aromatic rings. The topological polar surface area (TPSA) is 101 Å². The summed E-state index contributed by atoms with van der Waals surface area (Å²) in [6.07, 6.45) is 1.24. The van der Waals surface area contributed by atoms with Gasteiger partial charge in [-0.25, -0.2) is 0 Å². The Kier molecular flexibility index (Phi) is 13.0. The van der Waals surface area contributed by atoms with Gasteiger partial charge in [0.15, 0.2) is 6.29 Å². The number of aliphatic hydroxyl groups is 1. The van der Waals surface area contributed by atoms with E-state index < -0.39 is 40.8 Å². The molecule has 8 nitrogen and oxygen atoms in total. The summed E-state index contributed by atoms with van der Waals surface area (Å²) in [6.45, 7) is 9.15. The highest BCUT2D eigenvalue weighted by Gasteiger charge is 2.48. The van der Waals surface area contributed by atoms with Gasteiger partial charge < -0.3 is 24.1 Å². The van der Waals surface area contributed by atoms with Crippen LogP contribution in [0.15, 0.2) is 29.2 Å². The molecule has 1 saturated heterocycles. The monoisotopic (exact) mass is 502 g/mol. The Morgan fingerprint density at radius 2 is 1.32 bits per heavy atom. The van der Waals surface area contributed by atoms with Gasteiger partial charge in [0.1, 0.15) is 24.4 Å². The van der Waals surface area contributed by atoms with Crippen molar-refractivity contribution >= 4 is 10.1 Å². The van der Waals surface area contributed by atoms with E-state index in [0.717, 1.165) is 44.1 Å². The maximum atomic E-state index is 12.7. The lowest BCUT2D eigenvalue weighted by Gasteiger charge is -2.44. The van der Waals surface area contributed by atoms with Gasteiger partial charge >= 0.3 is 0 Å². The van der Waals surface area contributed by atoms with Gasteiger partial charge in [-0.15, -0.1) is 0 Å². The van der Waals surface area contributed by atoms with E-state index in [1.54, 1.807) is 12.1 Å². The third-order valence-electron chi connectivity index (χ3n) is 5.73.